The van der Waals surface area contributed by atoms with Crippen LogP contribution < -0.4 is 5.32 Å². The molecule has 2 heterocycles. The Balaban J connectivity index is 1.66. The molecule has 0 bridgehead atoms. The number of urea groups is 1. The Morgan fingerprint density at radius 1 is 1.36 bits per heavy atom. The average Bonchev–Trinajstić information content (AvgIpc) is 3.10. The molecule has 0 aliphatic carbocycles. The molecule has 1 N–H and O–H groups in total. The largest absolute Gasteiger partial charge is 0.335 e. The molecule has 1 aromatic heterocycles. The van der Waals surface area contributed by atoms with Gasteiger partial charge in [-0.05, 0) is 37.8 Å². The highest BCUT2D eigenvalue weighted by molar-refractivity contribution is 5.90. The van der Waals surface area contributed by atoms with Crippen molar-refractivity contribution >= 4 is 11.7 Å². The summed E-state index contributed by atoms with van der Waals surface area (Å²) < 4.78 is 2.26. The third-order valence-electron chi connectivity index (χ3n) is 4.96. The van der Waals surface area contributed by atoms with Crippen molar-refractivity contribution in [3.63, 3.8) is 0 Å². The molecule has 1 unspecified atom stereocenters. The van der Waals surface area contributed by atoms with Gasteiger partial charge in [0.15, 0.2) is 0 Å². The van der Waals surface area contributed by atoms with Gasteiger partial charge in [-0.1, -0.05) is 31.5 Å². The highest BCUT2D eigenvalue weighted by Crippen LogP contribution is 2.27. The predicted molar refractivity (Wildman–Crippen MR) is 101 cm³/mol. The Morgan fingerprint density at radius 3 is 3.00 bits per heavy atom. The molecule has 0 spiro atoms. The summed E-state index contributed by atoms with van der Waals surface area (Å²) in [5.41, 5.74) is 1.97. The number of anilines is 1. The van der Waals surface area contributed by atoms with Crippen molar-refractivity contribution in [1.29, 1.82) is 0 Å². The summed E-state index contributed by atoms with van der Waals surface area (Å²) in [5.74, 6) is 1.45. The van der Waals surface area contributed by atoms with Gasteiger partial charge in [0.2, 0.25) is 0 Å². The number of piperidine rings is 1. The van der Waals surface area contributed by atoms with E-state index < -0.39 is 0 Å². The third-order valence-corrected chi connectivity index (χ3v) is 4.96. The number of hydrogen-bond donors (Lipinski definition) is 1. The standard InChI is InChI=1S/C20H28N4O/c1-3-4-12-23-14-11-21-19(23)17-9-7-13-24(15-17)20(25)22-18-10-6-5-8-16(18)2/h5-6,8,10-11,14,17H,3-4,7,9,12-13,15H2,1-2H3,(H,22,25). The minimum absolute atomic E-state index is 0.00864. The first-order valence-electron chi connectivity index (χ1n) is 9.31. The number of amides is 2. The maximum Gasteiger partial charge on any atom is 0.321 e. The number of hydrogen-bond acceptors (Lipinski definition) is 2. The summed E-state index contributed by atoms with van der Waals surface area (Å²) in [6.07, 6.45) is 8.40. The van der Waals surface area contributed by atoms with Gasteiger partial charge in [-0.2, -0.15) is 0 Å². The fraction of sp³-hybridized carbons (Fsp3) is 0.500. The molecule has 134 valence electrons. The van der Waals surface area contributed by atoms with Crippen LogP contribution in [0.5, 0.6) is 0 Å². The van der Waals surface area contributed by atoms with Crippen LogP contribution in [0.2, 0.25) is 0 Å². The highest BCUT2D eigenvalue weighted by atomic mass is 16.2. The van der Waals surface area contributed by atoms with Gasteiger partial charge in [0.1, 0.15) is 5.82 Å². The molecule has 2 amide bonds. The summed E-state index contributed by atoms with van der Waals surface area (Å²) >= 11 is 0. The van der Waals surface area contributed by atoms with Gasteiger partial charge in [-0.3, -0.25) is 0 Å². The molecule has 1 fully saturated rings. The first-order chi connectivity index (χ1) is 12.2. The van der Waals surface area contributed by atoms with Crippen LogP contribution in [0, 0.1) is 6.92 Å². The first-order valence-corrected chi connectivity index (χ1v) is 9.31. The van der Waals surface area contributed by atoms with Crippen LogP contribution in [0.1, 0.15) is 49.9 Å². The van der Waals surface area contributed by atoms with Crippen molar-refractivity contribution in [2.45, 2.75) is 52.0 Å². The molecule has 2 aromatic rings. The monoisotopic (exact) mass is 340 g/mol. The van der Waals surface area contributed by atoms with E-state index in [4.69, 9.17) is 0 Å². The lowest BCUT2D eigenvalue weighted by Gasteiger charge is -2.33. The van der Waals surface area contributed by atoms with Crippen molar-refractivity contribution in [2.75, 3.05) is 18.4 Å². The number of nitrogens with zero attached hydrogens (tertiary/aromatic N) is 3. The zero-order valence-corrected chi connectivity index (χ0v) is 15.2. The van der Waals surface area contributed by atoms with Crippen LogP contribution in [0.25, 0.3) is 0 Å². The predicted octanol–water partition coefficient (Wildman–Crippen LogP) is 4.40. The minimum Gasteiger partial charge on any atom is -0.335 e. The molecule has 1 aliphatic rings. The van der Waals surface area contributed by atoms with E-state index in [2.05, 4.69) is 28.0 Å². The number of aryl methyl sites for hydroxylation is 2. The lowest BCUT2D eigenvalue weighted by molar-refractivity contribution is 0.190. The van der Waals surface area contributed by atoms with Gasteiger partial charge in [0.05, 0.1) is 0 Å². The molecule has 3 rings (SSSR count). The lowest BCUT2D eigenvalue weighted by Crippen LogP contribution is -2.42. The van der Waals surface area contributed by atoms with Crippen LogP contribution in [-0.4, -0.2) is 33.6 Å². The van der Waals surface area contributed by atoms with Crippen LogP contribution >= 0.6 is 0 Å². The van der Waals surface area contributed by atoms with Crippen molar-refractivity contribution in [2.24, 2.45) is 0 Å². The number of carbonyl (C=O) groups excluding carboxylic acids is 1. The lowest BCUT2D eigenvalue weighted by atomic mass is 9.97. The Labute approximate surface area is 150 Å². The molecule has 5 heteroatoms. The summed E-state index contributed by atoms with van der Waals surface area (Å²) in [6, 6.07) is 7.89. The maximum atomic E-state index is 12.7. The molecular weight excluding hydrogens is 312 g/mol. The van der Waals surface area contributed by atoms with Gasteiger partial charge >= 0.3 is 6.03 Å². The van der Waals surface area contributed by atoms with Gasteiger partial charge < -0.3 is 14.8 Å². The number of para-hydroxylation sites is 1. The topological polar surface area (TPSA) is 50.2 Å². The average molecular weight is 340 g/mol. The first kappa shape index (κ1) is 17.5. The molecule has 1 aromatic carbocycles. The number of unbranched alkanes of at least 4 members (excludes halogenated alkanes) is 1. The second kappa shape index (κ2) is 8.19. The summed E-state index contributed by atoms with van der Waals surface area (Å²) in [7, 11) is 0. The minimum atomic E-state index is -0.00864. The molecule has 0 radical (unpaired) electrons. The molecule has 1 saturated heterocycles. The van der Waals surface area contributed by atoms with E-state index >= 15 is 0 Å². The fourth-order valence-corrected chi connectivity index (χ4v) is 3.48. The van der Waals surface area contributed by atoms with E-state index in [0.29, 0.717) is 5.92 Å². The smallest absolute Gasteiger partial charge is 0.321 e. The van der Waals surface area contributed by atoms with Gasteiger partial charge in [-0.25, -0.2) is 9.78 Å². The Morgan fingerprint density at radius 2 is 2.20 bits per heavy atom. The van der Waals surface area contributed by atoms with E-state index in [1.54, 1.807) is 0 Å². The highest BCUT2D eigenvalue weighted by Gasteiger charge is 2.27. The van der Waals surface area contributed by atoms with Crippen molar-refractivity contribution in [3.05, 3.63) is 48.0 Å². The maximum absolute atomic E-state index is 12.7. The van der Waals surface area contributed by atoms with Crippen molar-refractivity contribution in [1.82, 2.24) is 14.5 Å². The molecule has 0 saturated carbocycles. The van der Waals surface area contributed by atoms with Crippen molar-refractivity contribution < 1.29 is 4.79 Å². The Bertz CT molecular complexity index is 709. The van der Waals surface area contributed by atoms with E-state index in [9.17, 15) is 4.79 Å². The van der Waals surface area contributed by atoms with Crippen LogP contribution in [0.15, 0.2) is 36.7 Å². The Hall–Kier alpha value is -2.30. The van der Waals surface area contributed by atoms with E-state index in [0.717, 1.165) is 56.0 Å². The SMILES string of the molecule is CCCCn1ccnc1C1CCCN(C(=O)Nc2ccccc2C)C1. The van der Waals surface area contributed by atoms with E-state index in [1.807, 2.05) is 42.3 Å². The number of carbonyl (C=O) groups is 1. The van der Waals surface area contributed by atoms with E-state index in [1.165, 1.54) is 6.42 Å². The second-order valence-electron chi connectivity index (χ2n) is 6.86. The van der Waals surface area contributed by atoms with E-state index in [-0.39, 0.29) is 6.03 Å². The summed E-state index contributed by atoms with van der Waals surface area (Å²) in [5, 5.41) is 3.05. The second-order valence-corrected chi connectivity index (χ2v) is 6.86. The molecule has 1 aliphatic heterocycles. The third kappa shape index (κ3) is 4.21. The number of nitrogens with one attached hydrogen (secondary N) is 1. The van der Waals surface area contributed by atoms with Gasteiger partial charge in [0.25, 0.3) is 0 Å². The number of aromatic nitrogens is 2. The zero-order chi connectivity index (χ0) is 17.6. The molecular formula is C20H28N4O. The Kier molecular flexibility index (Phi) is 5.74. The van der Waals surface area contributed by atoms with Crippen molar-refractivity contribution in [3.8, 4) is 0 Å². The molecule has 5 nitrogen and oxygen atoms in total. The normalized spacial score (nSPS) is 17.5. The number of imidazole rings is 1. The zero-order valence-electron chi connectivity index (χ0n) is 15.2. The molecule has 25 heavy (non-hydrogen) atoms. The van der Waals surface area contributed by atoms with Crippen LogP contribution in [-0.2, 0) is 6.54 Å². The number of rotatable bonds is 5. The van der Waals surface area contributed by atoms with Crippen LogP contribution in [0.3, 0.4) is 0 Å². The van der Waals surface area contributed by atoms with Gasteiger partial charge in [0, 0.05) is 43.6 Å². The summed E-state index contributed by atoms with van der Waals surface area (Å²) in [4.78, 5) is 19.2. The van der Waals surface area contributed by atoms with Gasteiger partial charge in [-0.15, -0.1) is 0 Å². The molecule has 1 atom stereocenters. The fourth-order valence-electron chi connectivity index (χ4n) is 3.48. The number of benzene rings is 1. The van der Waals surface area contributed by atoms with Crippen LogP contribution in [0.4, 0.5) is 10.5 Å². The summed E-state index contributed by atoms with van der Waals surface area (Å²) in [6.45, 7) is 6.77. The number of likely N-dealkylation sites (tertiary alicyclic amines) is 1. The quantitative estimate of drug-likeness (QED) is 0.877.